The number of hydrogen-bond acceptors (Lipinski definition) is 7. The number of alkyl carbamates (subject to hydrolysis) is 1. The van der Waals surface area contributed by atoms with E-state index in [-0.39, 0.29) is 31.2 Å². The SMILES string of the molecule is CCCCOC(=O)N[C@@H](CNC(=O)Cc1cc(-c2ccc(C(=N)N)cc2)no1)C(=O)O. The first kappa shape index (κ1) is 23.4. The maximum Gasteiger partial charge on any atom is 0.407 e. The van der Waals surface area contributed by atoms with Gasteiger partial charge in [-0.1, -0.05) is 42.8 Å². The molecule has 1 heterocycles. The van der Waals surface area contributed by atoms with Crippen molar-refractivity contribution in [2.24, 2.45) is 5.73 Å². The zero-order valence-electron chi connectivity index (χ0n) is 17.0. The third-order valence-electron chi connectivity index (χ3n) is 4.21. The first-order valence-electron chi connectivity index (χ1n) is 9.63. The highest BCUT2D eigenvalue weighted by atomic mass is 16.5. The molecule has 31 heavy (non-hydrogen) atoms. The highest BCUT2D eigenvalue weighted by molar-refractivity contribution is 5.95. The third kappa shape index (κ3) is 7.46. The van der Waals surface area contributed by atoms with Crippen molar-refractivity contribution >= 4 is 23.8 Å². The van der Waals surface area contributed by atoms with Gasteiger partial charge in [0.05, 0.1) is 13.0 Å². The van der Waals surface area contributed by atoms with Crippen LogP contribution in [0.1, 0.15) is 31.1 Å². The van der Waals surface area contributed by atoms with E-state index in [1.807, 2.05) is 6.92 Å². The van der Waals surface area contributed by atoms with Crippen LogP contribution < -0.4 is 16.4 Å². The van der Waals surface area contributed by atoms with Gasteiger partial charge in [-0.2, -0.15) is 0 Å². The van der Waals surface area contributed by atoms with Crippen molar-refractivity contribution in [3.63, 3.8) is 0 Å². The lowest BCUT2D eigenvalue weighted by Crippen LogP contribution is -2.48. The Kier molecular flexibility index (Phi) is 8.55. The Morgan fingerprint density at radius 1 is 1.29 bits per heavy atom. The first-order valence-corrected chi connectivity index (χ1v) is 9.63. The van der Waals surface area contributed by atoms with E-state index in [1.54, 1.807) is 30.3 Å². The number of nitrogens with two attached hydrogens (primary N) is 1. The number of carbonyl (C=O) groups excluding carboxylic acids is 2. The van der Waals surface area contributed by atoms with Gasteiger partial charge in [-0.05, 0) is 6.42 Å². The van der Waals surface area contributed by atoms with Gasteiger partial charge in [0.2, 0.25) is 5.91 Å². The highest BCUT2D eigenvalue weighted by Crippen LogP contribution is 2.20. The predicted octanol–water partition coefficient (Wildman–Crippen LogP) is 1.26. The molecule has 2 aromatic rings. The average molecular weight is 431 g/mol. The lowest BCUT2D eigenvalue weighted by atomic mass is 10.1. The fourth-order valence-corrected chi connectivity index (χ4v) is 2.48. The van der Waals surface area contributed by atoms with Crippen molar-refractivity contribution in [3.05, 3.63) is 41.7 Å². The van der Waals surface area contributed by atoms with E-state index in [0.29, 0.717) is 17.7 Å². The zero-order chi connectivity index (χ0) is 22.8. The number of hydrogen-bond donors (Lipinski definition) is 5. The number of carboxylic acid groups (broad SMARTS) is 1. The quantitative estimate of drug-likeness (QED) is 0.200. The fraction of sp³-hybridized carbons (Fsp3) is 0.350. The lowest BCUT2D eigenvalue weighted by molar-refractivity contribution is -0.139. The van der Waals surface area contributed by atoms with Crippen LogP contribution in [0.4, 0.5) is 4.79 Å². The molecule has 0 fully saturated rings. The summed E-state index contributed by atoms with van der Waals surface area (Å²) < 4.78 is 10.0. The van der Waals surface area contributed by atoms with Crippen molar-refractivity contribution in [2.75, 3.05) is 13.2 Å². The molecule has 6 N–H and O–H groups in total. The van der Waals surface area contributed by atoms with Crippen LogP contribution in [0.5, 0.6) is 0 Å². The monoisotopic (exact) mass is 431 g/mol. The molecule has 0 saturated heterocycles. The Bertz CT molecular complexity index is 924. The molecular formula is C20H25N5O6. The van der Waals surface area contributed by atoms with Crippen LogP contribution in [-0.4, -0.2) is 53.3 Å². The van der Waals surface area contributed by atoms with Gasteiger partial charge in [0.25, 0.3) is 0 Å². The number of carbonyl (C=O) groups is 3. The third-order valence-corrected chi connectivity index (χ3v) is 4.21. The van der Waals surface area contributed by atoms with Gasteiger partial charge in [-0.25, -0.2) is 9.59 Å². The number of nitrogens with one attached hydrogen (secondary N) is 3. The average Bonchev–Trinajstić information content (AvgIpc) is 3.19. The number of nitrogen functional groups attached to an aromatic ring is 1. The second-order valence-electron chi connectivity index (χ2n) is 6.67. The molecule has 0 spiro atoms. The molecule has 2 amide bonds. The molecule has 11 heteroatoms. The summed E-state index contributed by atoms with van der Waals surface area (Å²) in [7, 11) is 0. The molecule has 1 aromatic carbocycles. The standard InChI is InChI=1S/C20H25N5O6/c1-2-3-8-30-20(29)24-16(19(27)28)11-23-17(26)10-14-9-15(25-31-14)12-4-6-13(7-5-12)18(21)22/h4-7,9,16H,2-3,8,10-11H2,1H3,(H3,21,22)(H,23,26)(H,24,29)(H,27,28)/t16-/m0/s1. The maximum absolute atomic E-state index is 12.1. The number of amides is 2. The van der Waals surface area contributed by atoms with Crippen LogP contribution in [0.25, 0.3) is 11.3 Å². The second-order valence-corrected chi connectivity index (χ2v) is 6.67. The molecule has 0 aliphatic heterocycles. The van der Waals surface area contributed by atoms with Gasteiger partial charge < -0.3 is 30.7 Å². The molecule has 1 aromatic heterocycles. The summed E-state index contributed by atoms with van der Waals surface area (Å²) in [5.41, 5.74) is 7.21. The van der Waals surface area contributed by atoms with Gasteiger partial charge in [0.15, 0.2) is 0 Å². The maximum atomic E-state index is 12.1. The van der Waals surface area contributed by atoms with Crippen molar-refractivity contribution in [1.29, 1.82) is 5.41 Å². The van der Waals surface area contributed by atoms with Gasteiger partial charge in [-0.3, -0.25) is 10.2 Å². The van der Waals surface area contributed by atoms with Crippen molar-refractivity contribution in [2.45, 2.75) is 32.2 Å². The van der Waals surface area contributed by atoms with E-state index < -0.39 is 24.0 Å². The number of unbranched alkanes of at least 4 members (excludes halogenated alkanes) is 1. The Labute approximate surface area is 178 Å². The number of carboxylic acids is 1. The highest BCUT2D eigenvalue weighted by Gasteiger charge is 2.22. The topological polar surface area (TPSA) is 181 Å². The van der Waals surface area contributed by atoms with Crippen molar-refractivity contribution in [1.82, 2.24) is 15.8 Å². The van der Waals surface area contributed by atoms with E-state index in [2.05, 4.69) is 15.8 Å². The van der Waals surface area contributed by atoms with E-state index in [4.69, 9.17) is 20.4 Å². The van der Waals surface area contributed by atoms with Crippen LogP contribution in [0, 0.1) is 5.41 Å². The van der Waals surface area contributed by atoms with Gasteiger partial charge in [0.1, 0.15) is 23.3 Å². The fourth-order valence-electron chi connectivity index (χ4n) is 2.48. The van der Waals surface area contributed by atoms with Crippen molar-refractivity contribution in [3.8, 4) is 11.3 Å². The Morgan fingerprint density at radius 2 is 2.00 bits per heavy atom. The van der Waals surface area contributed by atoms with Gasteiger partial charge >= 0.3 is 12.1 Å². The van der Waals surface area contributed by atoms with Crippen LogP contribution >= 0.6 is 0 Å². The molecule has 0 radical (unpaired) electrons. The van der Waals surface area contributed by atoms with E-state index in [0.717, 1.165) is 12.0 Å². The Hall–Kier alpha value is -3.89. The summed E-state index contributed by atoms with van der Waals surface area (Å²) in [6, 6.07) is 7.04. The summed E-state index contributed by atoms with van der Waals surface area (Å²) in [5.74, 6) is -1.57. The molecule has 11 nitrogen and oxygen atoms in total. The smallest absolute Gasteiger partial charge is 0.407 e. The summed E-state index contributed by atoms with van der Waals surface area (Å²) in [5, 5.41) is 25.1. The number of benzene rings is 1. The first-order chi connectivity index (χ1) is 14.8. The number of ether oxygens (including phenoxy) is 1. The minimum Gasteiger partial charge on any atom is -0.480 e. The van der Waals surface area contributed by atoms with E-state index in [9.17, 15) is 19.5 Å². The summed E-state index contributed by atoms with van der Waals surface area (Å²) in [6.07, 6.45) is 0.484. The van der Waals surface area contributed by atoms with Crippen LogP contribution in [0.3, 0.4) is 0 Å². The summed E-state index contributed by atoms with van der Waals surface area (Å²) >= 11 is 0. The van der Waals surface area contributed by atoms with Gasteiger partial charge in [0, 0.05) is 23.7 Å². The molecule has 1 atom stereocenters. The van der Waals surface area contributed by atoms with E-state index >= 15 is 0 Å². The number of amidine groups is 1. The minimum absolute atomic E-state index is 0.0487. The molecule has 2 rings (SSSR count). The Balaban J connectivity index is 1.86. The predicted molar refractivity (Wildman–Crippen MR) is 110 cm³/mol. The second kappa shape index (κ2) is 11.3. The molecular weight excluding hydrogens is 406 g/mol. The molecule has 0 saturated carbocycles. The zero-order valence-corrected chi connectivity index (χ0v) is 17.0. The van der Waals surface area contributed by atoms with E-state index in [1.165, 1.54) is 0 Å². The van der Waals surface area contributed by atoms with Gasteiger partial charge in [-0.15, -0.1) is 0 Å². The number of aromatic nitrogens is 1. The molecule has 166 valence electrons. The molecule has 0 bridgehead atoms. The van der Waals surface area contributed by atoms with Crippen LogP contribution in [-0.2, 0) is 20.7 Å². The Morgan fingerprint density at radius 3 is 2.61 bits per heavy atom. The summed E-state index contributed by atoms with van der Waals surface area (Å²) in [6.45, 7) is 1.80. The largest absolute Gasteiger partial charge is 0.480 e. The molecule has 0 aliphatic carbocycles. The van der Waals surface area contributed by atoms with Crippen LogP contribution in [0.2, 0.25) is 0 Å². The number of aliphatic carboxylic acids is 1. The van der Waals surface area contributed by atoms with Crippen molar-refractivity contribution < 1.29 is 28.8 Å². The minimum atomic E-state index is -1.33. The molecule has 0 aliphatic rings. The van der Waals surface area contributed by atoms with Crippen LogP contribution in [0.15, 0.2) is 34.9 Å². The number of nitrogens with zero attached hydrogens (tertiary/aromatic N) is 1. The normalized spacial score (nSPS) is 11.4. The number of rotatable bonds is 11. The summed E-state index contributed by atoms with van der Waals surface area (Å²) in [4.78, 5) is 35.0. The lowest BCUT2D eigenvalue weighted by Gasteiger charge is -2.15. The molecule has 0 unspecified atom stereocenters.